The molecule has 1 unspecified atom stereocenters. The molecule has 132 valence electrons. The molecule has 1 aliphatic rings. The molecule has 1 saturated heterocycles. The van der Waals surface area contributed by atoms with Crippen LogP contribution in [0.25, 0.3) is 0 Å². The van der Waals surface area contributed by atoms with Crippen molar-refractivity contribution in [2.45, 2.75) is 25.6 Å². The molecule has 0 amide bonds. The molecule has 0 bridgehead atoms. The second kappa shape index (κ2) is 15.9. The average Bonchev–Trinajstić information content (AvgIpc) is 2.56. The summed E-state index contributed by atoms with van der Waals surface area (Å²) in [6.45, 7) is 5.89. The molecule has 0 radical (unpaired) electrons. The van der Waals surface area contributed by atoms with Crippen molar-refractivity contribution >= 4 is 11.6 Å². The minimum absolute atomic E-state index is 0.0424. The van der Waals surface area contributed by atoms with Gasteiger partial charge < -0.3 is 28.4 Å². The predicted molar refractivity (Wildman–Crippen MR) is 83.5 cm³/mol. The molecule has 7 heteroatoms. The molecule has 0 aromatic heterocycles. The SMILES string of the molecule is ClCCOCCOCCOCCOCCOC1CCCCO1. The summed E-state index contributed by atoms with van der Waals surface area (Å²) in [6.07, 6.45) is 3.26. The van der Waals surface area contributed by atoms with Gasteiger partial charge in [0.05, 0.1) is 59.5 Å². The van der Waals surface area contributed by atoms with Gasteiger partial charge in [0, 0.05) is 12.5 Å². The van der Waals surface area contributed by atoms with Gasteiger partial charge in [0.25, 0.3) is 0 Å². The van der Waals surface area contributed by atoms with Crippen LogP contribution in [0.1, 0.15) is 19.3 Å². The highest BCUT2D eigenvalue weighted by Gasteiger charge is 2.13. The van der Waals surface area contributed by atoms with E-state index in [9.17, 15) is 0 Å². The van der Waals surface area contributed by atoms with Gasteiger partial charge in [0.1, 0.15) is 0 Å². The molecule has 1 rings (SSSR count). The highest BCUT2D eigenvalue weighted by atomic mass is 35.5. The van der Waals surface area contributed by atoms with Crippen LogP contribution in [0.15, 0.2) is 0 Å². The Hall–Kier alpha value is 0.0500. The minimum atomic E-state index is -0.0424. The molecule has 1 fully saturated rings. The fourth-order valence-corrected chi connectivity index (χ4v) is 2.01. The van der Waals surface area contributed by atoms with E-state index in [0.717, 1.165) is 19.4 Å². The fraction of sp³-hybridized carbons (Fsp3) is 1.00. The minimum Gasteiger partial charge on any atom is -0.378 e. The smallest absolute Gasteiger partial charge is 0.157 e. The summed E-state index contributed by atoms with van der Waals surface area (Å²) >= 11 is 5.47. The highest BCUT2D eigenvalue weighted by Crippen LogP contribution is 2.13. The second-order valence-corrected chi connectivity index (χ2v) is 5.18. The number of hydrogen-bond donors (Lipinski definition) is 0. The Labute approximate surface area is 138 Å². The molecular formula is C15H29ClO6. The van der Waals surface area contributed by atoms with E-state index >= 15 is 0 Å². The third kappa shape index (κ3) is 12.6. The van der Waals surface area contributed by atoms with E-state index in [1.165, 1.54) is 6.42 Å². The molecule has 1 aliphatic heterocycles. The van der Waals surface area contributed by atoms with E-state index in [0.29, 0.717) is 65.3 Å². The normalized spacial score (nSPS) is 18.7. The van der Waals surface area contributed by atoms with E-state index in [1.807, 2.05) is 0 Å². The van der Waals surface area contributed by atoms with Crippen molar-refractivity contribution in [1.29, 1.82) is 0 Å². The molecule has 0 aromatic carbocycles. The topological polar surface area (TPSA) is 55.4 Å². The van der Waals surface area contributed by atoms with Gasteiger partial charge in [-0.25, -0.2) is 0 Å². The van der Waals surface area contributed by atoms with E-state index in [-0.39, 0.29) is 6.29 Å². The maximum atomic E-state index is 5.55. The molecule has 0 N–H and O–H groups in total. The molecule has 0 aromatic rings. The fourth-order valence-electron chi connectivity index (χ4n) is 1.90. The summed E-state index contributed by atoms with van der Waals surface area (Å²) < 4.78 is 32.3. The molecule has 0 saturated carbocycles. The quantitative estimate of drug-likeness (QED) is 0.335. The van der Waals surface area contributed by atoms with Gasteiger partial charge in [-0.3, -0.25) is 0 Å². The van der Waals surface area contributed by atoms with Crippen LogP contribution < -0.4 is 0 Å². The van der Waals surface area contributed by atoms with Crippen molar-refractivity contribution in [2.75, 3.05) is 71.9 Å². The van der Waals surface area contributed by atoms with Crippen LogP contribution in [0.5, 0.6) is 0 Å². The first kappa shape index (κ1) is 20.1. The zero-order valence-corrected chi connectivity index (χ0v) is 14.1. The Balaban J connectivity index is 1.68. The summed E-state index contributed by atoms with van der Waals surface area (Å²) in [6, 6.07) is 0. The highest BCUT2D eigenvalue weighted by molar-refractivity contribution is 6.17. The van der Waals surface area contributed by atoms with Crippen LogP contribution in [-0.4, -0.2) is 78.2 Å². The predicted octanol–water partition coefficient (Wildman–Crippen LogP) is 1.83. The lowest BCUT2D eigenvalue weighted by Gasteiger charge is -2.22. The summed E-state index contributed by atoms with van der Waals surface area (Å²) in [7, 11) is 0. The molecular weight excluding hydrogens is 312 g/mol. The van der Waals surface area contributed by atoms with Crippen molar-refractivity contribution in [1.82, 2.24) is 0 Å². The Morgan fingerprint density at radius 3 is 1.77 bits per heavy atom. The number of ether oxygens (including phenoxy) is 6. The van der Waals surface area contributed by atoms with Crippen LogP contribution in [-0.2, 0) is 28.4 Å². The van der Waals surface area contributed by atoms with Crippen LogP contribution in [0.2, 0.25) is 0 Å². The maximum absolute atomic E-state index is 5.55. The third-order valence-corrected chi connectivity index (χ3v) is 3.16. The van der Waals surface area contributed by atoms with Crippen LogP contribution >= 0.6 is 11.6 Å². The van der Waals surface area contributed by atoms with E-state index in [1.54, 1.807) is 0 Å². The van der Waals surface area contributed by atoms with Crippen molar-refractivity contribution in [3.63, 3.8) is 0 Å². The lowest BCUT2D eigenvalue weighted by atomic mass is 10.2. The van der Waals surface area contributed by atoms with Gasteiger partial charge in [-0.05, 0) is 19.3 Å². The summed E-state index contributed by atoms with van der Waals surface area (Å²) in [5, 5.41) is 0. The van der Waals surface area contributed by atoms with Gasteiger partial charge in [-0.2, -0.15) is 0 Å². The zero-order chi connectivity index (χ0) is 15.7. The molecule has 6 nitrogen and oxygen atoms in total. The van der Waals surface area contributed by atoms with Gasteiger partial charge in [0.2, 0.25) is 0 Å². The number of rotatable bonds is 15. The van der Waals surface area contributed by atoms with Crippen molar-refractivity contribution in [2.24, 2.45) is 0 Å². The van der Waals surface area contributed by atoms with Crippen LogP contribution in [0.4, 0.5) is 0 Å². The number of halogens is 1. The van der Waals surface area contributed by atoms with Gasteiger partial charge >= 0.3 is 0 Å². The van der Waals surface area contributed by atoms with E-state index in [4.69, 9.17) is 40.0 Å². The molecule has 0 spiro atoms. The van der Waals surface area contributed by atoms with Crippen molar-refractivity contribution < 1.29 is 28.4 Å². The first-order chi connectivity index (χ1) is 10.9. The molecule has 22 heavy (non-hydrogen) atoms. The molecule has 1 atom stereocenters. The Morgan fingerprint density at radius 2 is 1.27 bits per heavy atom. The average molecular weight is 341 g/mol. The number of alkyl halides is 1. The van der Waals surface area contributed by atoms with Crippen LogP contribution in [0, 0.1) is 0 Å². The zero-order valence-electron chi connectivity index (χ0n) is 13.3. The summed E-state index contributed by atoms with van der Waals surface area (Å²) in [4.78, 5) is 0. The van der Waals surface area contributed by atoms with Crippen LogP contribution in [0.3, 0.4) is 0 Å². The third-order valence-electron chi connectivity index (χ3n) is 3.01. The van der Waals surface area contributed by atoms with E-state index < -0.39 is 0 Å². The molecule has 0 aliphatic carbocycles. The first-order valence-corrected chi connectivity index (χ1v) is 8.57. The number of hydrogen-bond acceptors (Lipinski definition) is 6. The molecule has 1 heterocycles. The van der Waals surface area contributed by atoms with E-state index in [2.05, 4.69) is 0 Å². The van der Waals surface area contributed by atoms with Crippen molar-refractivity contribution in [3.8, 4) is 0 Å². The standard InChI is InChI=1S/C15H29ClO6/c16-4-6-17-7-8-18-9-10-19-11-12-20-13-14-22-15-3-1-2-5-21-15/h15H,1-14H2. The maximum Gasteiger partial charge on any atom is 0.157 e. The Kier molecular flexibility index (Phi) is 14.5. The monoisotopic (exact) mass is 340 g/mol. The van der Waals surface area contributed by atoms with Gasteiger partial charge in [0.15, 0.2) is 6.29 Å². The van der Waals surface area contributed by atoms with Gasteiger partial charge in [-0.15, -0.1) is 11.6 Å². The van der Waals surface area contributed by atoms with Crippen molar-refractivity contribution in [3.05, 3.63) is 0 Å². The Bertz CT molecular complexity index is 226. The lowest BCUT2D eigenvalue weighted by molar-refractivity contribution is -0.169. The lowest BCUT2D eigenvalue weighted by Crippen LogP contribution is -2.24. The summed E-state index contributed by atoms with van der Waals surface area (Å²) in [5.41, 5.74) is 0. The summed E-state index contributed by atoms with van der Waals surface area (Å²) in [5.74, 6) is 0.516. The first-order valence-electron chi connectivity index (χ1n) is 8.03. The Morgan fingerprint density at radius 1 is 0.727 bits per heavy atom. The largest absolute Gasteiger partial charge is 0.378 e. The van der Waals surface area contributed by atoms with Gasteiger partial charge in [-0.1, -0.05) is 0 Å². The second-order valence-electron chi connectivity index (χ2n) is 4.81.